The Bertz CT molecular complexity index is 1360. The summed E-state index contributed by atoms with van der Waals surface area (Å²) in [6, 6.07) is 17.6. The number of likely N-dealkylation sites (N-methyl/N-ethyl adjacent to an activating group) is 1. The van der Waals surface area contributed by atoms with E-state index in [1.807, 2.05) is 43.3 Å². The van der Waals surface area contributed by atoms with Crippen LogP contribution in [0.15, 0.2) is 65.6 Å². The van der Waals surface area contributed by atoms with Crippen LogP contribution in [-0.4, -0.2) is 34.0 Å². The highest BCUT2D eigenvalue weighted by Gasteiger charge is 2.18. The van der Waals surface area contributed by atoms with Crippen LogP contribution in [0.5, 0.6) is 0 Å². The van der Waals surface area contributed by atoms with E-state index in [0.717, 1.165) is 30.0 Å². The van der Waals surface area contributed by atoms with Crippen LogP contribution in [0.25, 0.3) is 22.3 Å². The highest BCUT2D eigenvalue weighted by Crippen LogP contribution is 2.23. The lowest BCUT2D eigenvalue weighted by molar-refractivity contribution is -0.119. The Balaban J connectivity index is 1.59. The number of aromatic nitrogens is 3. The van der Waals surface area contributed by atoms with Crippen molar-refractivity contribution < 1.29 is 4.79 Å². The summed E-state index contributed by atoms with van der Waals surface area (Å²) in [5.41, 5.74) is 9.76. The number of carbonyl (C=O) groups is 1. The van der Waals surface area contributed by atoms with E-state index in [-0.39, 0.29) is 23.6 Å². The summed E-state index contributed by atoms with van der Waals surface area (Å²) >= 11 is 0. The predicted octanol–water partition coefficient (Wildman–Crippen LogP) is 3.00. The molecule has 0 saturated carbocycles. The van der Waals surface area contributed by atoms with E-state index in [1.54, 1.807) is 16.8 Å². The van der Waals surface area contributed by atoms with E-state index in [2.05, 4.69) is 27.8 Å². The number of carbonyl (C=O) groups excluding carboxylic acids is 1. The molecular formula is C26H28N6O2. The minimum absolute atomic E-state index is 0.0600. The van der Waals surface area contributed by atoms with Crippen LogP contribution in [-0.2, 0) is 24.2 Å². The second-order valence-corrected chi connectivity index (χ2v) is 7.94. The van der Waals surface area contributed by atoms with Crippen LogP contribution < -0.4 is 21.8 Å². The number of hydrogen-bond acceptors (Lipinski definition) is 6. The predicted molar refractivity (Wildman–Crippen MR) is 136 cm³/mol. The van der Waals surface area contributed by atoms with Crippen molar-refractivity contribution in [3.8, 4) is 11.3 Å². The third-order valence-corrected chi connectivity index (χ3v) is 5.82. The Labute approximate surface area is 197 Å². The Morgan fingerprint density at radius 1 is 1.09 bits per heavy atom. The van der Waals surface area contributed by atoms with Gasteiger partial charge in [-0.1, -0.05) is 30.3 Å². The maximum atomic E-state index is 13.0. The highest BCUT2D eigenvalue weighted by molar-refractivity contribution is 5.85. The summed E-state index contributed by atoms with van der Waals surface area (Å²) in [5, 5.41) is 6.31. The molecule has 0 fully saturated rings. The maximum Gasteiger partial charge on any atom is 0.224 e. The number of nitrogen functional groups attached to an aromatic ring is 1. The van der Waals surface area contributed by atoms with Gasteiger partial charge in [0.15, 0.2) is 5.43 Å². The van der Waals surface area contributed by atoms with Crippen molar-refractivity contribution in [1.29, 1.82) is 0 Å². The molecule has 0 saturated heterocycles. The molecule has 1 aromatic carbocycles. The SMILES string of the molecule is CCn1c(N)c(CC(=O)NC)c(=O)c2ccc(-c3ccc(CCNc4ccccn4)cc3)nc21. The van der Waals surface area contributed by atoms with Crippen LogP contribution in [0.1, 0.15) is 18.1 Å². The molecule has 4 rings (SSSR count). The first-order valence-electron chi connectivity index (χ1n) is 11.3. The number of amides is 1. The monoisotopic (exact) mass is 456 g/mol. The molecule has 0 atom stereocenters. The van der Waals surface area contributed by atoms with Crippen LogP contribution in [0, 0.1) is 0 Å². The maximum absolute atomic E-state index is 13.0. The molecule has 0 bridgehead atoms. The molecule has 3 heterocycles. The van der Waals surface area contributed by atoms with Crippen molar-refractivity contribution in [3.63, 3.8) is 0 Å². The molecule has 0 aliphatic carbocycles. The second kappa shape index (κ2) is 10.2. The number of fused-ring (bicyclic) bond motifs is 1. The van der Waals surface area contributed by atoms with Gasteiger partial charge in [0, 0.05) is 37.5 Å². The van der Waals surface area contributed by atoms with Crippen LogP contribution in [0.4, 0.5) is 11.6 Å². The molecule has 4 aromatic rings. The smallest absolute Gasteiger partial charge is 0.224 e. The van der Waals surface area contributed by atoms with Gasteiger partial charge in [-0.2, -0.15) is 0 Å². The van der Waals surface area contributed by atoms with E-state index in [0.29, 0.717) is 23.1 Å². The van der Waals surface area contributed by atoms with Gasteiger partial charge in [-0.3, -0.25) is 9.59 Å². The summed E-state index contributed by atoms with van der Waals surface area (Å²) in [6.07, 6.45) is 2.57. The number of rotatable bonds is 8. The summed E-state index contributed by atoms with van der Waals surface area (Å²) in [6.45, 7) is 3.25. The molecule has 34 heavy (non-hydrogen) atoms. The van der Waals surface area contributed by atoms with Gasteiger partial charge < -0.3 is 20.9 Å². The first-order chi connectivity index (χ1) is 16.5. The van der Waals surface area contributed by atoms with E-state index < -0.39 is 0 Å². The van der Waals surface area contributed by atoms with Gasteiger partial charge in [-0.25, -0.2) is 9.97 Å². The van der Waals surface area contributed by atoms with Gasteiger partial charge in [0.2, 0.25) is 5.91 Å². The lowest BCUT2D eigenvalue weighted by atomic mass is 10.0. The zero-order valence-electron chi connectivity index (χ0n) is 19.3. The van der Waals surface area contributed by atoms with Gasteiger partial charge >= 0.3 is 0 Å². The Kier molecular flexibility index (Phi) is 6.87. The second-order valence-electron chi connectivity index (χ2n) is 7.94. The minimum atomic E-state index is -0.259. The van der Waals surface area contributed by atoms with Crippen molar-refractivity contribution in [1.82, 2.24) is 19.9 Å². The number of pyridine rings is 3. The van der Waals surface area contributed by atoms with Crippen molar-refractivity contribution in [2.24, 2.45) is 0 Å². The number of aryl methyl sites for hydroxylation is 1. The van der Waals surface area contributed by atoms with Gasteiger partial charge in [0.25, 0.3) is 0 Å². The molecule has 8 heteroatoms. The lowest BCUT2D eigenvalue weighted by Gasteiger charge is -2.16. The standard InChI is InChI=1S/C26H28N6O2/c1-3-32-25(27)20(16-23(33)28-2)24(34)19-11-12-21(31-26(19)32)18-9-7-17(8-10-18)13-15-30-22-6-4-5-14-29-22/h4-12,14H,3,13,15-16,27H2,1-2H3,(H,28,33)(H,29,30). The zero-order chi connectivity index (χ0) is 24.1. The fourth-order valence-electron chi connectivity index (χ4n) is 3.93. The van der Waals surface area contributed by atoms with Crippen molar-refractivity contribution in [3.05, 3.63) is 82.1 Å². The summed E-state index contributed by atoms with van der Waals surface area (Å²) < 4.78 is 1.79. The normalized spacial score (nSPS) is 10.9. The summed E-state index contributed by atoms with van der Waals surface area (Å²) in [4.78, 5) is 34.0. The molecule has 0 radical (unpaired) electrons. The minimum Gasteiger partial charge on any atom is -0.385 e. The zero-order valence-corrected chi connectivity index (χ0v) is 19.3. The van der Waals surface area contributed by atoms with Gasteiger partial charge in [-0.05, 0) is 43.2 Å². The number of nitrogens with two attached hydrogens (primary N) is 1. The van der Waals surface area contributed by atoms with Gasteiger partial charge in [0.1, 0.15) is 17.3 Å². The molecule has 0 unspecified atom stereocenters. The van der Waals surface area contributed by atoms with Crippen LogP contribution in [0.2, 0.25) is 0 Å². The largest absolute Gasteiger partial charge is 0.385 e. The fraction of sp³-hybridized carbons (Fsp3) is 0.231. The molecular weight excluding hydrogens is 428 g/mol. The van der Waals surface area contributed by atoms with Crippen LogP contribution in [0.3, 0.4) is 0 Å². The Morgan fingerprint density at radius 2 is 1.88 bits per heavy atom. The molecule has 0 aliphatic rings. The highest BCUT2D eigenvalue weighted by atomic mass is 16.1. The summed E-state index contributed by atoms with van der Waals surface area (Å²) in [5.74, 6) is 0.883. The summed E-state index contributed by atoms with van der Waals surface area (Å²) in [7, 11) is 1.54. The van der Waals surface area contributed by atoms with Gasteiger partial charge in [0.05, 0.1) is 17.5 Å². The Hall–Kier alpha value is -4.20. The number of anilines is 2. The first-order valence-corrected chi connectivity index (χ1v) is 11.3. The van der Waals surface area contributed by atoms with E-state index in [9.17, 15) is 9.59 Å². The molecule has 174 valence electrons. The number of nitrogens with zero attached hydrogens (tertiary/aromatic N) is 3. The Morgan fingerprint density at radius 3 is 2.56 bits per heavy atom. The van der Waals surface area contributed by atoms with Gasteiger partial charge in [-0.15, -0.1) is 0 Å². The van der Waals surface area contributed by atoms with E-state index in [1.165, 1.54) is 12.6 Å². The fourth-order valence-corrected chi connectivity index (χ4v) is 3.93. The number of nitrogens with one attached hydrogen (secondary N) is 2. The number of benzene rings is 1. The number of hydrogen-bond donors (Lipinski definition) is 3. The van der Waals surface area contributed by atoms with Crippen molar-refractivity contribution >= 4 is 28.6 Å². The third-order valence-electron chi connectivity index (χ3n) is 5.82. The third kappa shape index (κ3) is 4.76. The van der Waals surface area contributed by atoms with Crippen LogP contribution >= 0.6 is 0 Å². The first kappa shape index (κ1) is 23.0. The van der Waals surface area contributed by atoms with E-state index in [4.69, 9.17) is 10.7 Å². The van der Waals surface area contributed by atoms with E-state index >= 15 is 0 Å². The van der Waals surface area contributed by atoms with Crippen molar-refractivity contribution in [2.75, 3.05) is 24.6 Å². The molecule has 0 spiro atoms. The molecule has 3 aromatic heterocycles. The molecule has 1 amide bonds. The average Bonchev–Trinajstić information content (AvgIpc) is 2.87. The average molecular weight is 457 g/mol. The lowest BCUT2D eigenvalue weighted by Crippen LogP contribution is -2.27. The molecule has 0 aliphatic heterocycles. The molecule has 4 N–H and O–H groups in total. The quantitative estimate of drug-likeness (QED) is 0.375. The topological polar surface area (TPSA) is 115 Å². The van der Waals surface area contributed by atoms with Crippen molar-refractivity contribution in [2.45, 2.75) is 26.3 Å². The molecule has 8 nitrogen and oxygen atoms in total.